The van der Waals surface area contributed by atoms with Crippen LogP contribution in [0, 0.1) is 5.92 Å². The molecule has 1 atom stereocenters. The van der Waals surface area contributed by atoms with Crippen LogP contribution in [0.5, 0.6) is 0 Å². The average Bonchev–Trinajstić information content (AvgIpc) is 2.43. The number of hydrogen-bond donors (Lipinski definition) is 0. The first-order chi connectivity index (χ1) is 10.3. The van der Waals surface area contributed by atoms with E-state index in [1.54, 1.807) is 16.7 Å². The molecule has 22 heavy (non-hydrogen) atoms. The monoisotopic (exact) mass is 341 g/mol. The Hall–Kier alpha value is -1.01. The summed E-state index contributed by atoms with van der Waals surface area (Å²) in [5.74, 6) is 0.894. The van der Waals surface area contributed by atoms with Crippen molar-refractivity contribution in [3.8, 4) is 0 Å². The Morgan fingerprint density at radius 2 is 2.05 bits per heavy atom. The van der Waals surface area contributed by atoms with Gasteiger partial charge in [0.25, 0.3) is 0 Å². The average molecular weight is 341 g/mol. The van der Waals surface area contributed by atoms with Gasteiger partial charge in [0.15, 0.2) is 9.84 Å². The molecule has 0 saturated carbocycles. The first kappa shape index (κ1) is 17.3. The lowest BCUT2D eigenvalue weighted by atomic mass is 10.2. The highest BCUT2D eigenvalue weighted by Crippen LogP contribution is 2.37. The van der Waals surface area contributed by atoms with Crippen LogP contribution in [0.2, 0.25) is 0 Å². The molecule has 0 bridgehead atoms. The maximum Gasteiger partial charge on any atom is 0.228 e. The minimum atomic E-state index is -3.16. The maximum atomic E-state index is 12.6. The van der Waals surface area contributed by atoms with Crippen molar-refractivity contribution in [1.82, 2.24) is 0 Å². The van der Waals surface area contributed by atoms with E-state index >= 15 is 0 Å². The van der Waals surface area contributed by atoms with Crippen molar-refractivity contribution in [2.75, 3.05) is 22.2 Å². The summed E-state index contributed by atoms with van der Waals surface area (Å²) >= 11 is 1.74. The van der Waals surface area contributed by atoms with Crippen LogP contribution in [0.4, 0.5) is 5.69 Å². The Kier molecular flexibility index (Phi) is 5.55. The third-order valence-corrected chi connectivity index (χ3v) is 6.83. The molecule has 0 fully saturated rings. The quantitative estimate of drug-likeness (QED) is 0.826. The summed E-state index contributed by atoms with van der Waals surface area (Å²) in [6, 6.07) is 7.88. The van der Waals surface area contributed by atoms with Crippen LogP contribution in [0.25, 0.3) is 0 Å². The van der Waals surface area contributed by atoms with Gasteiger partial charge in [-0.05, 0) is 25.0 Å². The second kappa shape index (κ2) is 7.04. The number of carbonyl (C=O) groups is 1. The third kappa shape index (κ3) is 4.26. The lowest BCUT2D eigenvalue weighted by Gasteiger charge is -2.34. The molecule has 0 unspecified atom stereocenters. The molecule has 0 N–H and O–H groups in total. The molecular weight excluding hydrogens is 318 g/mol. The van der Waals surface area contributed by atoms with Crippen LogP contribution in [0.3, 0.4) is 0 Å². The molecule has 1 aliphatic rings. The van der Waals surface area contributed by atoms with Gasteiger partial charge in [-0.2, -0.15) is 0 Å². The minimum absolute atomic E-state index is 0.0540. The van der Waals surface area contributed by atoms with E-state index in [4.69, 9.17) is 0 Å². The first-order valence-electron chi connectivity index (χ1n) is 7.54. The summed E-state index contributed by atoms with van der Waals surface area (Å²) < 4.78 is 24.0. The molecule has 0 radical (unpaired) electrons. The van der Waals surface area contributed by atoms with Crippen molar-refractivity contribution in [2.45, 2.75) is 38.1 Å². The van der Waals surface area contributed by atoms with Gasteiger partial charge in [0.2, 0.25) is 5.91 Å². The number of thioether (sulfide) groups is 1. The predicted molar refractivity (Wildman–Crippen MR) is 92.2 cm³/mol. The van der Waals surface area contributed by atoms with Crippen molar-refractivity contribution in [1.29, 1.82) is 0 Å². The number of para-hydroxylation sites is 1. The van der Waals surface area contributed by atoms with E-state index in [0.717, 1.165) is 16.3 Å². The van der Waals surface area contributed by atoms with E-state index in [0.29, 0.717) is 0 Å². The molecule has 0 saturated heterocycles. The van der Waals surface area contributed by atoms with E-state index in [-0.39, 0.29) is 35.8 Å². The number of nitrogens with zero attached hydrogens (tertiary/aromatic N) is 1. The summed E-state index contributed by atoms with van der Waals surface area (Å²) in [5.41, 5.74) is 0.900. The Balaban J connectivity index is 2.10. The Bertz CT molecular complexity index is 641. The number of sulfone groups is 1. The zero-order valence-corrected chi connectivity index (χ0v) is 14.9. The molecule has 122 valence electrons. The van der Waals surface area contributed by atoms with Gasteiger partial charge >= 0.3 is 0 Å². The van der Waals surface area contributed by atoms with Gasteiger partial charge < -0.3 is 4.90 Å². The van der Waals surface area contributed by atoms with E-state index in [9.17, 15) is 13.2 Å². The van der Waals surface area contributed by atoms with Gasteiger partial charge in [0, 0.05) is 23.1 Å². The molecule has 1 heterocycles. The second-order valence-corrected chi connectivity index (χ2v) is 9.44. The topological polar surface area (TPSA) is 54.5 Å². The zero-order valence-electron chi connectivity index (χ0n) is 13.3. The fourth-order valence-corrected chi connectivity index (χ4v) is 5.36. The Labute approximate surface area is 137 Å². The molecule has 1 aromatic carbocycles. The molecule has 0 spiro atoms. The Morgan fingerprint density at radius 3 is 2.73 bits per heavy atom. The Morgan fingerprint density at radius 1 is 1.36 bits per heavy atom. The standard InChI is InChI=1S/C16H23NO3S2/c1-12(2)11-22(19,20)9-8-16(18)17-13(3)10-21-15-7-5-4-6-14(15)17/h4-7,12-13H,8-11H2,1-3H3/t13-/m0/s1. The second-order valence-electron chi connectivity index (χ2n) is 6.15. The van der Waals surface area contributed by atoms with Gasteiger partial charge in [0.1, 0.15) is 0 Å². The number of rotatable bonds is 5. The number of hydrogen-bond acceptors (Lipinski definition) is 4. The van der Waals surface area contributed by atoms with Gasteiger partial charge in [-0.25, -0.2) is 8.42 Å². The van der Waals surface area contributed by atoms with Crippen LogP contribution in [-0.4, -0.2) is 37.6 Å². The van der Waals surface area contributed by atoms with Gasteiger partial charge in [-0.1, -0.05) is 26.0 Å². The van der Waals surface area contributed by atoms with Crippen molar-refractivity contribution < 1.29 is 13.2 Å². The molecule has 2 rings (SSSR count). The zero-order chi connectivity index (χ0) is 16.3. The summed E-state index contributed by atoms with van der Waals surface area (Å²) in [7, 11) is -3.16. The number of fused-ring (bicyclic) bond motifs is 1. The van der Waals surface area contributed by atoms with Crippen molar-refractivity contribution >= 4 is 33.2 Å². The molecule has 1 amide bonds. The van der Waals surface area contributed by atoms with Gasteiger partial charge in [-0.15, -0.1) is 11.8 Å². The molecule has 6 heteroatoms. The van der Waals surface area contributed by atoms with E-state index < -0.39 is 9.84 Å². The smallest absolute Gasteiger partial charge is 0.228 e. The van der Waals surface area contributed by atoms with Crippen molar-refractivity contribution in [3.05, 3.63) is 24.3 Å². The largest absolute Gasteiger partial charge is 0.308 e. The first-order valence-corrected chi connectivity index (χ1v) is 10.3. The molecule has 1 aromatic rings. The van der Waals surface area contributed by atoms with Crippen LogP contribution in [-0.2, 0) is 14.6 Å². The maximum absolute atomic E-state index is 12.6. The number of amides is 1. The van der Waals surface area contributed by atoms with Gasteiger partial charge in [0.05, 0.1) is 17.2 Å². The number of anilines is 1. The predicted octanol–water partition coefficient (Wildman–Crippen LogP) is 2.97. The van der Waals surface area contributed by atoms with Crippen LogP contribution in [0.15, 0.2) is 29.2 Å². The van der Waals surface area contributed by atoms with Crippen LogP contribution >= 0.6 is 11.8 Å². The lowest BCUT2D eigenvalue weighted by molar-refractivity contribution is -0.118. The van der Waals surface area contributed by atoms with Crippen molar-refractivity contribution in [3.63, 3.8) is 0 Å². The highest BCUT2D eigenvalue weighted by atomic mass is 32.2. The van der Waals surface area contributed by atoms with Gasteiger partial charge in [-0.3, -0.25) is 4.79 Å². The SMILES string of the molecule is CC(C)CS(=O)(=O)CCC(=O)N1c2ccccc2SC[C@@H]1C. The van der Waals surface area contributed by atoms with Crippen LogP contribution in [0.1, 0.15) is 27.2 Å². The summed E-state index contributed by atoms with van der Waals surface area (Å²) in [5, 5.41) is 0. The van der Waals surface area contributed by atoms with Crippen molar-refractivity contribution in [2.24, 2.45) is 5.92 Å². The number of carbonyl (C=O) groups excluding carboxylic acids is 1. The third-order valence-electron chi connectivity index (χ3n) is 3.53. The molecule has 4 nitrogen and oxygen atoms in total. The summed E-state index contributed by atoms with van der Waals surface area (Å²) in [6.45, 7) is 5.75. The molecule has 0 aliphatic carbocycles. The van der Waals surface area contributed by atoms with E-state index in [2.05, 4.69) is 0 Å². The van der Waals surface area contributed by atoms with E-state index in [1.165, 1.54) is 0 Å². The van der Waals surface area contributed by atoms with Crippen LogP contribution < -0.4 is 4.90 Å². The number of benzene rings is 1. The highest BCUT2D eigenvalue weighted by molar-refractivity contribution is 7.99. The fraction of sp³-hybridized carbons (Fsp3) is 0.562. The summed E-state index contributed by atoms with van der Waals surface area (Å²) in [6.07, 6.45) is 0.0540. The summed E-state index contributed by atoms with van der Waals surface area (Å²) in [4.78, 5) is 15.4. The van der Waals surface area contributed by atoms with E-state index in [1.807, 2.05) is 45.0 Å². The molecular formula is C16H23NO3S2. The normalized spacial score (nSPS) is 18.4. The highest BCUT2D eigenvalue weighted by Gasteiger charge is 2.29. The lowest BCUT2D eigenvalue weighted by Crippen LogP contribution is -2.43. The fourth-order valence-electron chi connectivity index (χ4n) is 2.64. The molecule has 1 aliphatic heterocycles. The minimum Gasteiger partial charge on any atom is -0.308 e. The molecule has 0 aromatic heterocycles.